The molecule has 3 heteroatoms. The molecule has 19 heavy (non-hydrogen) atoms. The maximum absolute atomic E-state index is 12.8. The van der Waals surface area contributed by atoms with Gasteiger partial charge in [0.15, 0.2) is 0 Å². The van der Waals surface area contributed by atoms with Crippen molar-refractivity contribution < 1.29 is 4.79 Å². The molecule has 1 aliphatic heterocycles. The van der Waals surface area contributed by atoms with Gasteiger partial charge in [-0.05, 0) is 32.1 Å². The fourth-order valence-electron chi connectivity index (χ4n) is 3.35. The summed E-state index contributed by atoms with van der Waals surface area (Å²) in [5.41, 5.74) is -0.254. The fourth-order valence-corrected chi connectivity index (χ4v) is 3.35. The first-order valence-corrected chi connectivity index (χ1v) is 7.88. The van der Waals surface area contributed by atoms with Gasteiger partial charge in [0, 0.05) is 19.1 Å². The van der Waals surface area contributed by atoms with Crippen molar-refractivity contribution >= 4 is 5.91 Å². The molecule has 1 heterocycles. The zero-order valence-corrected chi connectivity index (χ0v) is 13.1. The summed E-state index contributed by atoms with van der Waals surface area (Å²) in [6, 6.07) is 0.466. The third kappa shape index (κ3) is 3.50. The van der Waals surface area contributed by atoms with E-state index in [0.717, 1.165) is 13.1 Å². The van der Waals surface area contributed by atoms with Crippen molar-refractivity contribution in [3.63, 3.8) is 0 Å². The van der Waals surface area contributed by atoms with E-state index in [4.69, 9.17) is 0 Å². The van der Waals surface area contributed by atoms with Crippen LogP contribution in [-0.4, -0.2) is 35.5 Å². The molecule has 2 fully saturated rings. The molecule has 0 aromatic heterocycles. The number of nitrogens with one attached hydrogen (secondary N) is 1. The summed E-state index contributed by atoms with van der Waals surface area (Å²) in [6.07, 6.45) is 7.62. The first-order valence-electron chi connectivity index (χ1n) is 7.88. The van der Waals surface area contributed by atoms with Crippen molar-refractivity contribution in [3.05, 3.63) is 0 Å². The number of hydrogen-bond donors (Lipinski definition) is 1. The minimum absolute atomic E-state index is 0.162. The Kier molecular flexibility index (Phi) is 4.24. The quantitative estimate of drug-likeness (QED) is 0.740. The van der Waals surface area contributed by atoms with Gasteiger partial charge in [0.25, 0.3) is 0 Å². The Hall–Kier alpha value is -0.570. The molecule has 2 aliphatic rings. The third-order valence-electron chi connectivity index (χ3n) is 4.67. The van der Waals surface area contributed by atoms with Crippen LogP contribution in [0.2, 0.25) is 0 Å². The first kappa shape index (κ1) is 14.8. The van der Waals surface area contributed by atoms with Crippen LogP contribution in [0.1, 0.15) is 66.2 Å². The monoisotopic (exact) mass is 266 g/mol. The van der Waals surface area contributed by atoms with Crippen LogP contribution in [0, 0.1) is 5.41 Å². The Balaban J connectivity index is 2.20. The minimum atomic E-state index is -0.417. The molecule has 0 spiro atoms. The van der Waals surface area contributed by atoms with Gasteiger partial charge < -0.3 is 10.2 Å². The van der Waals surface area contributed by atoms with Crippen LogP contribution >= 0.6 is 0 Å². The van der Waals surface area contributed by atoms with Gasteiger partial charge in [-0.1, -0.05) is 39.5 Å². The summed E-state index contributed by atoms with van der Waals surface area (Å²) in [4.78, 5) is 15.0. The first-order chi connectivity index (χ1) is 8.82. The van der Waals surface area contributed by atoms with Crippen LogP contribution in [0.5, 0.6) is 0 Å². The largest absolute Gasteiger partial charge is 0.338 e. The molecular formula is C16H30N2O. The summed E-state index contributed by atoms with van der Waals surface area (Å²) in [5, 5.41) is 3.45. The molecule has 1 saturated heterocycles. The van der Waals surface area contributed by atoms with E-state index >= 15 is 0 Å². The second kappa shape index (κ2) is 5.43. The maximum atomic E-state index is 12.8. The van der Waals surface area contributed by atoms with Gasteiger partial charge >= 0.3 is 0 Å². The number of carbonyl (C=O) groups excluding carboxylic acids is 1. The summed E-state index contributed by atoms with van der Waals surface area (Å²) in [6.45, 7) is 10.4. The summed E-state index contributed by atoms with van der Waals surface area (Å²) in [5.74, 6) is 0.296. The average molecular weight is 266 g/mol. The van der Waals surface area contributed by atoms with Crippen molar-refractivity contribution in [2.45, 2.75) is 77.8 Å². The molecule has 0 atom stereocenters. The number of rotatable bonds is 1. The molecule has 1 amide bonds. The Morgan fingerprint density at radius 3 is 2.21 bits per heavy atom. The second-order valence-electron chi connectivity index (χ2n) is 7.72. The Bertz CT molecular complexity index is 328. The lowest BCUT2D eigenvalue weighted by molar-refractivity contribution is -0.139. The van der Waals surface area contributed by atoms with Crippen molar-refractivity contribution in [2.24, 2.45) is 5.41 Å². The van der Waals surface area contributed by atoms with Crippen molar-refractivity contribution in [3.8, 4) is 0 Å². The van der Waals surface area contributed by atoms with Crippen molar-refractivity contribution in [1.82, 2.24) is 10.2 Å². The Labute approximate surface area is 118 Å². The topological polar surface area (TPSA) is 32.3 Å². The Morgan fingerprint density at radius 1 is 1.05 bits per heavy atom. The molecule has 0 aromatic carbocycles. The summed E-state index contributed by atoms with van der Waals surface area (Å²) >= 11 is 0. The number of hydrogen-bond acceptors (Lipinski definition) is 2. The zero-order valence-electron chi connectivity index (χ0n) is 13.1. The van der Waals surface area contributed by atoms with E-state index in [2.05, 4.69) is 24.1 Å². The SMILES string of the molecule is CC1(C)CNC(C)(C)C(=O)N(C2CCCCCC2)C1. The molecule has 1 saturated carbocycles. The third-order valence-corrected chi connectivity index (χ3v) is 4.67. The van der Waals surface area contributed by atoms with E-state index in [1.165, 1.54) is 38.5 Å². The summed E-state index contributed by atoms with van der Waals surface area (Å²) < 4.78 is 0. The molecule has 3 nitrogen and oxygen atoms in total. The highest BCUT2D eigenvalue weighted by Gasteiger charge is 2.41. The van der Waals surface area contributed by atoms with Crippen LogP contribution in [0.4, 0.5) is 0 Å². The molecule has 1 N–H and O–H groups in total. The molecule has 1 aliphatic carbocycles. The maximum Gasteiger partial charge on any atom is 0.242 e. The van der Waals surface area contributed by atoms with Crippen LogP contribution in [0.3, 0.4) is 0 Å². The van der Waals surface area contributed by atoms with Gasteiger partial charge in [-0.25, -0.2) is 0 Å². The van der Waals surface area contributed by atoms with Gasteiger partial charge in [-0.3, -0.25) is 4.79 Å². The van der Waals surface area contributed by atoms with Gasteiger partial charge in [-0.15, -0.1) is 0 Å². The zero-order chi connectivity index (χ0) is 14.1. The molecule has 2 rings (SSSR count). The highest BCUT2D eigenvalue weighted by molar-refractivity contribution is 5.86. The lowest BCUT2D eigenvalue weighted by Crippen LogP contribution is -2.54. The lowest BCUT2D eigenvalue weighted by atomic mass is 9.92. The number of carbonyl (C=O) groups is 1. The van der Waals surface area contributed by atoms with Crippen LogP contribution in [0.15, 0.2) is 0 Å². The van der Waals surface area contributed by atoms with E-state index in [9.17, 15) is 4.79 Å². The van der Waals surface area contributed by atoms with Gasteiger partial charge in [-0.2, -0.15) is 0 Å². The van der Waals surface area contributed by atoms with Gasteiger partial charge in [0.05, 0.1) is 5.54 Å². The smallest absolute Gasteiger partial charge is 0.242 e. The average Bonchev–Trinajstić information content (AvgIpc) is 2.64. The standard InChI is InChI=1S/C16H30N2O/c1-15(2)11-17-16(3,4)14(19)18(12-15)13-9-7-5-6-8-10-13/h13,17H,5-12H2,1-4H3. The van der Waals surface area contributed by atoms with Gasteiger partial charge in [0.2, 0.25) is 5.91 Å². The Morgan fingerprint density at radius 2 is 1.63 bits per heavy atom. The summed E-state index contributed by atoms with van der Waals surface area (Å²) in [7, 11) is 0. The van der Waals surface area contributed by atoms with E-state index in [0.29, 0.717) is 11.9 Å². The van der Waals surface area contributed by atoms with Gasteiger partial charge in [0.1, 0.15) is 0 Å². The second-order valence-corrected chi connectivity index (χ2v) is 7.72. The van der Waals surface area contributed by atoms with Crippen LogP contribution < -0.4 is 5.32 Å². The molecule has 0 aromatic rings. The van der Waals surface area contributed by atoms with E-state index in [1.54, 1.807) is 0 Å². The van der Waals surface area contributed by atoms with Crippen LogP contribution in [-0.2, 0) is 4.79 Å². The number of amides is 1. The predicted octanol–water partition coefficient (Wildman–Crippen LogP) is 2.95. The molecular weight excluding hydrogens is 236 g/mol. The molecule has 0 unspecified atom stereocenters. The number of nitrogens with zero attached hydrogens (tertiary/aromatic N) is 1. The molecule has 0 radical (unpaired) electrons. The fraction of sp³-hybridized carbons (Fsp3) is 0.938. The predicted molar refractivity (Wildman–Crippen MR) is 79.1 cm³/mol. The van der Waals surface area contributed by atoms with Crippen molar-refractivity contribution in [2.75, 3.05) is 13.1 Å². The van der Waals surface area contributed by atoms with E-state index in [-0.39, 0.29) is 5.41 Å². The lowest BCUT2D eigenvalue weighted by Gasteiger charge is -2.37. The molecule has 0 bridgehead atoms. The highest BCUT2D eigenvalue weighted by Crippen LogP contribution is 2.30. The highest BCUT2D eigenvalue weighted by atomic mass is 16.2. The molecule has 110 valence electrons. The normalized spacial score (nSPS) is 28.8. The van der Waals surface area contributed by atoms with Crippen molar-refractivity contribution in [1.29, 1.82) is 0 Å². The van der Waals surface area contributed by atoms with E-state index < -0.39 is 5.54 Å². The van der Waals surface area contributed by atoms with Crippen LogP contribution in [0.25, 0.3) is 0 Å². The minimum Gasteiger partial charge on any atom is -0.338 e. The van der Waals surface area contributed by atoms with E-state index in [1.807, 2.05) is 13.8 Å².